The average molecular weight is 587 g/mol. The number of aryl methyl sites for hydroxylation is 2. The van der Waals surface area contributed by atoms with Gasteiger partial charge in [0.25, 0.3) is 20.0 Å². The van der Waals surface area contributed by atoms with Crippen LogP contribution in [0.2, 0.25) is 0 Å². The van der Waals surface area contributed by atoms with Crippen molar-refractivity contribution in [3.63, 3.8) is 0 Å². The molecule has 0 radical (unpaired) electrons. The summed E-state index contributed by atoms with van der Waals surface area (Å²) >= 11 is 0. The van der Waals surface area contributed by atoms with E-state index in [9.17, 15) is 26.4 Å². The van der Waals surface area contributed by atoms with Crippen LogP contribution in [0.1, 0.15) is 12.8 Å². The molecule has 0 aliphatic rings. The van der Waals surface area contributed by atoms with Crippen LogP contribution in [-0.4, -0.2) is 48.2 Å². The highest BCUT2D eigenvalue weighted by molar-refractivity contribution is 7.93. The Kier molecular flexibility index (Phi) is 8.20. The fourth-order valence-corrected chi connectivity index (χ4v) is 5.63. The number of nitrogens with zero attached hydrogens (tertiary/aromatic N) is 4. The van der Waals surface area contributed by atoms with Gasteiger partial charge in [-0.3, -0.25) is 28.4 Å². The first-order valence-electron chi connectivity index (χ1n) is 11.7. The van der Waals surface area contributed by atoms with Crippen molar-refractivity contribution in [2.45, 2.75) is 22.6 Å². The van der Waals surface area contributed by atoms with Crippen molar-refractivity contribution in [2.24, 2.45) is 14.1 Å². The number of carbonyl (C=O) groups is 2. The summed E-state index contributed by atoms with van der Waals surface area (Å²) in [6.07, 6.45) is 2.66. The third-order valence-electron chi connectivity index (χ3n) is 5.60. The smallest absolute Gasteiger partial charge is 0.263 e. The minimum absolute atomic E-state index is 0.00217. The molecular weight excluding hydrogens is 560 g/mol. The second kappa shape index (κ2) is 11.6. The first kappa shape index (κ1) is 28.3. The van der Waals surface area contributed by atoms with Crippen LogP contribution in [-0.2, 0) is 43.7 Å². The highest BCUT2D eigenvalue weighted by atomic mass is 32.2. The second-order valence-corrected chi connectivity index (χ2v) is 11.9. The minimum atomic E-state index is -3.84. The fraction of sp³-hybridized carbons (Fsp3) is 0.167. The fourth-order valence-electron chi connectivity index (χ4n) is 3.45. The van der Waals surface area contributed by atoms with Crippen LogP contribution in [0.15, 0.2) is 82.8 Å². The summed E-state index contributed by atoms with van der Waals surface area (Å²) in [5, 5.41) is 13.0. The van der Waals surface area contributed by atoms with Gasteiger partial charge in [-0.15, -0.1) is 0 Å². The number of rotatable bonds is 11. The van der Waals surface area contributed by atoms with Gasteiger partial charge in [0.2, 0.25) is 11.8 Å². The summed E-state index contributed by atoms with van der Waals surface area (Å²) in [6.45, 7) is 0. The van der Waals surface area contributed by atoms with Crippen molar-refractivity contribution < 1.29 is 26.4 Å². The zero-order valence-electron chi connectivity index (χ0n) is 21.4. The molecule has 0 bridgehead atoms. The van der Waals surface area contributed by atoms with E-state index in [2.05, 4.69) is 30.3 Å². The van der Waals surface area contributed by atoms with Crippen molar-refractivity contribution in [3.8, 4) is 0 Å². The Morgan fingerprint density at radius 3 is 1.27 bits per heavy atom. The number of amides is 2. The Labute approximate surface area is 230 Å². The first-order chi connectivity index (χ1) is 18.9. The van der Waals surface area contributed by atoms with Crippen molar-refractivity contribution >= 4 is 54.9 Å². The molecule has 0 unspecified atom stereocenters. The number of hydrogen-bond donors (Lipinski definition) is 4. The summed E-state index contributed by atoms with van der Waals surface area (Å²) in [4.78, 5) is 24.6. The van der Waals surface area contributed by atoms with Crippen LogP contribution in [0, 0.1) is 0 Å². The Hall–Kier alpha value is -4.70. The van der Waals surface area contributed by atoms with Gasteiger partial charge in [0.15, 0.2) is 0 Å². The molecule has 0 aliphatic heterocycles. The van der Waals surface area contributed by atoms with E-state index >= 15 is 0 Å². The number of hydrogen-bond acceptors (Lipinski definition) is 8. The molecule has 14 nitrogen and oxygen atoms in total. The Morgan fingerprint density at radius 2 is 0.975 bits per heavy atom. The topological polar surface area (TPSA) is 186 Å². The number of sulfonamides is 2. The van der Waals surface area contributed by atoms with E-state index in [1.54, 1.807) is 14.1 Å². The van der Waals surface area contributed by atoms with E-state index in [4.69, 9.17) is 0 Å². The summed E-state index contributed by atoms with van der Waals surface area (Å²) in [5.41, 5.74) is 0.725. The predicted octanol–water partition coefficient (Wildman–Crippen LogP) is 2.11. The molecule has 40 heavy (non-hydrogen) atoms. The quantitative estimate of drug-likeness (QED) is 0.206. The highest BCUT2D eigenvalue weighted by Crippen LogP contribution is 2.19. The molecule has 4 aromatic rings. The van der Waals surface area contributed by atoms with Crippen LogP contribution in [0.3, 0.4) is 0 Å². The minimum Gasteiger partial charge on any atom is -0.326 e. The molecule has 0 spiro atoms. The number of anilines is 4. The number of aromatic nitrogens is 4. The van der Waals surface area contributed by atoms with Gasteiger partial charge < -0.3 is 10.6 Å². The Bertz CT molecular complexity index is 1600. The normalized spacial score (nSPS) is 11.6. The van der Waals surface area contributed by atoms with Gasteiger partial charge in [0.05, 0.1) is 22.2 Å². The Balaban J connectivity index is 1.25. The molecule has 0 aliphatic carbocycles. The van der Waals surface area contributed by atoms with Gasteiger partial charge in [0.1, 0.15) is 11.6 Å². The summed E-state index contributed by atoms with van der Waals surface area (Å²) < 4.78 is 57.7. The van der Waals surface area contributed by atoms with E-state index in [-0.39, 0.29) is 22.6 Å². The molecule has 4 N–H and O–H groups in total. The lowest BCUT2D eigenvalue weighted by Crippen LogP contribution is -2.18. The third kappa shape index (κ3) is 7.03. The molecule has 0 atom stereocenters. The van der Waals surface area contributed by atoms with E-state index < -0.39 is 31.9 Å². The van der Waals surface area contributed by atoms with Crippen LogP contribution in [0.5, 0.6) is 0 Å². The molecule has 0 saturated carbocycles. The van der Waals surface area contributed by atoms with Crippen molar-refractivity contribution in [2.75, 3.05) is 20.1 Å². The molecule has 2 heterocycles. The largest absolute Gasteiger partial charge is 0.326 e. The lowest BCUT2D eigenvalue weighted by molar-refractivity contribution is -0.121. The van der Waals surface area contributed by atoms with Crippen LogP contribution in [0.25, 0.3) is 0 Å². The number of nitrogens with one attached hydrogen (secondary N) is 4. The molecule has 4 rings (SSSR count). The monoisotopic (exact) mass is 586 g/mol. The Morgan fingerprint density at radius 1 is 0.625 bits per heavy atom. The zero-order chi connectivity index (χ0) is 28.9. The molecule has 2 aromatic heterocycles. The van der Waals surface area contributed by atoms with Crippen molar-refractivity contribution in [1.29, 1.82) is 0 Å². The van der Waals surface area contributed by atoms with Crippen molar-refractivity contribution in [3.05, 3.63) is 73.1 Å². The molecule has 0 fully saturated rings. The maximum Gasteiger partial charge on any atom is 0.263 e. The van der Waals surface area contributed by atoms with Gasteiger partial charge in [-0.1, -0.05) is 0 Å². The van der Waals surface area contributed by atoms with E-state index in [0.717, 1.165) is 0 Å². The molecule has 16 heteroatoms. The van der Waals surface area contributed by atoms with Gasteiger partial charge in [-0.05, 0) is 48.5 Å². The predicted molar refractivity (Wildman–Crippen MR) is 147 cm³/mol. The summed E-state index contributed by atoms with van der Waals surface area (Å²) in [5.74, 6) is -0.285. The SMILES string of the molecule is Cn1nccc1NS(=O)(=O)c1ccc(NC(=O)CCC(=O)Nc2ccc(S(=O)(=O)Nc3ccnn3C)cc2)cc1. The lowest BCUT2D eigenvalue weighted by Gasteiger charge is -2.10. The lowest BCUT2D eigenvalue weighted by atomic mass is 10.2. The van der Waals surface area contributed by atoms with E-state index in [1.165, 1.54) is 82.4 Å². The van der Waals surface area contributed by atoms with Crippen molar-refractivity contribution in [1.82, 2.24) is 19.6 Å². The summed E-state index contributed by atoms with van der Waals surface area (Å²) in [7, 11) is -4.49. The van der Waals surface area contributed by atoms with Crippen LogP contribution >= 0.6 is 0 Å². The average Bonchev–Trinajstić information content (AvgIpc) is 3.49. The van der Waals surface area contributed by atoms with Gasteiger partial charge in [-0.2, -0.15) is 10.2 Å². The third-order valence-corrected chi connectivity index (χ3v) is 8.34. The van der Waals surface area contributed by atoms with Gasteiger partial charge in [-0.25, -0.2) is 16.8 Å². The van der Waals surface area contributed by atoms with E-state index in [0.29, 0.717) is 23.0 Å². The highest BCUT2D eigenvalue weighted by Gasteiger charge is 2.17. The maximum absolute atomic E-state index is 12.5. The standard InChI is InChI=1S/C24H26N8O6S2/c1-31-21(13-15-25-31)29-39(35,36)19-7-3-17(4-8-19)27-23(33)11-12-24(34)28-18-5-9-20(10-6-18)40(37,38)30-22-14-16-26-32(22)2/h3-10,13-16,29-30H,11-12H2,1-2H3,(H,27,33)(H,28,34). The molecule has 2 amide bonds. The second-order valence-electron chi connectivity index (χ2n) is 8.54. The molecule has 0 saturated heterocycles. The van der Waals surface area contributed by atoms with Crippen LogP contribution in [0.4, 0.5) is 23.0 Å². The van der Waals surface area contributed by atoms with E-state index in [1.807, 2.05) is 0 Å². The number of carbonyl (C=O) groups excluding carboxylic acids is 2. The van der Waals surface area contributed by atoms with Gasteiger partial charge >= 0.3 is 0 Å². The molecule has 2 aromatic carbocycles. The van der Waals surface area contributed by atoms with Crippen LogP contribution < -0.4 is 20.1 Å². The van der Waals surface area contributed by atoms with Gasteiger partial charge in [0, 0.05) is 50.4 Å². The zero-order valence-corrected chi connectivity index (χ0v) is 23.0. The molecular formula is C24H26N8O6S2. The number of benzene rings is 2. The maximum atomic E-state index is 12.5. The molecule has 210 valence electrons. The first-order valence-corrected chi connectivity index (χ1v) is 14.7. The summed E-state index contributed by atoms with van der Waals surface area (Å²) in [6, 6.07) is 14.2.